The largest absolute Gasteiger partial charge is 0.452 e. The Kier molecular flexibility index (Phi) is 7.21. The van der Waals surface area contributed by atoms with E-state index in [1.807, 2.05) is 19.1 Å². The predicted molar refractivity (Wildman–Crippen MR) is 104 cm³/mol. The van der Waals surface area contributed by atoms with Gasteiger partial charge in [0, 0.05) is 12.7 Å². The topological polar surface area (TPSA) is 75.7 Å². The maximum absolute atomic E-state index is 12.1. The third-order valence-electron chi connectivity index (χ3n) is 3.64. The van der Waals surface area contributed by atoms with E-state index in [0.717, 1.165) is 10.5 Å². The van der Waals surface area contributed by atoms with Crippen molar-refractivity contribution in [2.75, 3.05) is 25.5 Å². The van der Waals surface area contributed by atoms with Crippen LogP contribution in [0.1, 0.15) is 15.9 Å². The molecule has 0 saturated carbocycles. The van der Waals surface area contributed by atoms with E-state index in [1.165, 1.54) is 19.2 Å². The van der Waals surface area contributed by atoms with Gasteiger partial charge in [0.1, 0.15) is 0 Å². The van der Waals surface area contributed by atoms with Crippen LogP contribution in [0, 0.1) is 6.92 Å². The third kappa shape index (κ3) is 5.98. The summed E-state index contributed by atoms with van der Waals surface area (Å²) in [5.74, 6) is -1.66. The molecule has 0 bridgehead atoms. The summed E-state index contributed by atoms with van der Waals surface area (Å²) in [4.78, 5) is 37.3. The first kappa shape index (κ1) is 20.7. The third-order valence-corrected chi connectivity index (χ3v) is 4.46. The Morgan fingerprint density at radius 3 is 2.41 bits per heavy atom. The molecule has 0 radical (unpaired) electrons. The highest BCUT2D eigenvalue weighted by Crippen LogP contribution is 2.25. The van der Waals surface area contributed by atoms with Gasteiger partial charge in [0.25, 0.3) is 5.91 Å². The zero-order valence-corrected chi connectivity index (χ0v) is 16.3. The molecule has 27 heavy (non-hydrogen) atoms. The minimum Gasteiger partial charge on any atom is -0.452 e. The summed E-state index contributed by atoms with van der Waals surface area (Å²) in [7, 11) is 1.44. The fourth-order valence-corrected chi connectivity index (χ4v) is 2.50. The van der Waals surface area contributed by atoms with E-state index in [1.54, 1.807) is 18.2 Å². The van der Waals surface area contributed by atoms with Crippen molar-refractivity contribution in [3.63, 3.8) is 0 Å². The van der Waals surface area contributed by atoms with Crippen molar-refractivity contribution in [1.29, 1.82) is 0 Å². The molecule has 2 amide bonds. The number of carbonyl (C=O) groups excluding carboxylic acids is 3. The molecule has 0 fully saturated rings. The molecule has 0 heterocycles. The van der Waals surface area contributed by atoms with Crippen LogP contribution < -0.4 is 5.32 Å². The lowest BCUT2D eigenvalue weighted by Crippen LogP contribution is -2.37. The van der Waals surface area contributed by atoms with Gasteiger partial charge in [0.15, 0.2) is 6.61 Å². The van der Waals surface area contributed by atoms with Gasteiger partial charge in [-0.3, -0.25) is 9.59 Å². The number of aryl methyl sites for hydroxylation is 1. The van der Waals surface area contributed by atoms with Crippen molar-refractivity contribution in [3.05, 3.63) is 63.6 Å². The first-order valence-corrected chi connectivity index (χ1v) is 8.75. The van der Waals surface area contributed by atoms with Crippen molar-refractivity contribution in [3.8, 4) is 0 Å². The van der Waals surface area contributed by atoms with Crippen LogP contribution in [0.25, 0.3) is 0 Å². The maximum atomic E-state index is 12.1. The molecule has 0 unspecified atom stereocenters. The zero-order chi connectivity index (χ0) is 20.0. The van der Waals surface area contributed by atoms with Gasteiger partial charge >= 0.3 is 5.97 Å². The second-order valence-corrected chi connectivity index (χ2v) is 6.63. The summed E-state index contributed by atoms with van der Waals surface area (Å²) in [6.45, 7) is 1.24. The minimum absolute atomic E-state index is 0.0578. The molecular formula is C19H18Cl2N2O4. The van der Waals surface area contributed by atoms with Crippen LogP contribution in [-0.2, 0) is 14.3 Å². The molecule has 8 heteroatoms. The van der Waals surface area contributed by atoms with Crippen LogP contribution in [0.5, 0.6) is 0 Å². The highest BCUT2D eigenvalue weighted by atomic mass is 35.5. The molecule has 2 aromatic rings. The molecule has 0 aliphatic rings. The van der Waals surface area contributed by atoms with Gasteiger partial charge in [0.05, 0.1) is 22.2 Å². The van der Waals surface area contributed by atoms with Crippen LogP contribution in [-0.4, -0.2) is 42.9 Å². The number of ether oxygens (including phenoxy) is 1. The fraction of sp³-hybridized carbons (Fsp3) is 0.211. The smallest absolute Gasteiger partial charge is 0.340 e. The van der Waals surface area contributed by atoms with E-state index in [2.05, 4.69) is 5.32 Å². The molecule has 2 aromatic carbocycles. The molecule has 0 aliphatic carbocycles. The van der Waals surface area contributed by atoms with E-state index in [4.69, 9.17) is 27.9 Å². The van der Waals surface area contributed by atoms with E-state index in [0.29, 0.717) is 5.69 Å². The number of likely N-dealkylation sites (N-methyl/N-ethyl adjacent to an activating group) is 1. The quantitative estimate of drug-likeness (QED) is 0.741. The molecule has 2 rings (SSSR count). The number of halogens is 2. The number of anilines is 1. The maximum Gasteiger partial charge on any atom is 0.340 e. The molecular weight excluding hydrogens is 391 g/mol. The summed E-state index contributed by atoms with van der Waals surface area (Å²) in [5, 5.41) is 2.95. The summed E-state index contributed by atoms with van der Waals surface area (Å²) in [5.41, 5.74) is 1.77. The van der Waals surface area contributed by atoms with Crippen molar-refractivity contribution in [2.45, 2.75) is 6.92 Å². The Bertz CT molecular complexity index is 853. The number of benzene rings is 2. The average Bonchev–Trinajstić information content (AvgIpc) is 2.63. The molecule has 0 saturated heterocycles. The number of nitrogens with one attached hydrogen (secondary N) is 1. The Morgan fingerprint density at radius 1 is 1.07 bits per heavy atom. The van der Waals surface area contributed by atoms with Gasteiger partial charge in [0.2, 0.25) is 5.91 Å². The summed E-state index contributed by atoms with van der Waals surface area (Å²) >= 11 is 11.8. The summed E-state index contributed by atoms with van der Waals surface area (Å²) in [6, 6.07) is 11.8. The van der Waals surface area contributed by atoms with Crippen molar-refractivity contribution >= 4 is 46.7 Å². The van der Waals surface area contributed by atoms with Crippen LogP contribution in [0.15, 0.2) is 42.5 Å². The fourth-order valence-electron chi connectivity index (χ4n) is 2.12. The molecule has 0 aromatic heterocycles. The Labute approximate surface area is 167 Å². The summed E-state index contributed by atoms with van der Waals surface area (Å²) < 4.78 is 4.95. The van der Waals surface area contributed by atoms with E-state index < -0.39 is 18.5 Å². The number of hydrogen-bond donors (Lipinski definition) is 1. The number of esters is 1. The molecule has 0 spiro atoms. The highest BCUT2D eigenvalue weighted by molar-refractivity contribution is 6.43. The highest BCUT2D eigenvalue weighted by Gasteiger charge is 2.18. The predicted octanol–water partition coefficient (Wildman–Crippen LogP) is 3.56. The van der Waals surface area contributed by atoms with Gasteiger partial charge in [-0.25, -0.2) is 4.79 Å². The van der Waals surface area contributed by atoms with Crippen LogP contribution in [0.2, 0.25) is 10.0 Å². The molecule has 0 aliphatic heterocycles. The standard InChI is InChI=1S/C19H18Cl2N2O4/c1-12-6-8-13(9-7-12)22-16(24)10-23(2)17(25)11-27-19(26)14-4-3-5-15(20)18(14)21/h3-9H,10-11H2,1-2H3,(H,22,24). The van der Waals surface area contributed by atoms with E-state index >= 15 is 0 Å². The monoisotopic (exact) mass is 408 g/mol. The van der Waals surface area contributed by atoms with Gasteiger partial charge in [-0.1, -0.05) is 47.0 Å². The number of carbonyl (C=O) groups is 3. The molecule has 6 nitrogen and oxygen atoms in total. The van der Waals surface area contributed by atoms with Crippen molar-refractivity contribution < 1.29 is 19.1 Å². The average molecular weight is 409 g/mol. The van der Waals surface area contributed by atoms with E-state index in [9.17, 15) is 14.4 Å². The Balaban J connectivity index is 1.84. The SMILES string of the molecule is Cc1ccc(NC(=O)CN(C)C(=O)COC(=O)c2cccc(Cl)c2Cl)cc1. The van der Waals surface area contributed by atoms with E-state index in [-0.39, 0.29) is 28.1 Å². The van der Waals surface area contributed by atoms with Crippen molar-refractivity contribution in [2.24, 2.45) is 0 Å². The second-order valence-electron chi connectivity index (χ2n) is 5.84. The molecule has 0 atom stereocenters. The van der Waals surface area contributed by atoms with Gasteiger partial charge in [-0.05, 0) is 31.2 Å². The van der Waals surface area contributed by atoms with Crippen LogP contribution in [0.3, 0.4) is 0 Å². The first-order chi connectivity index (χ1) is 12.8. The number of nitrogens with zero attached hydrogens (tertiary/aromatic N) is 1. The van der Waals surface area contributed by atoms with Crippen molar-refractivity contribution in [1.82, 2.24) is 4.90 Å². The summed E-state index contributed by atoms with van der Waals surface area (Å²) in [6.07, 6.45) is 0. The lowest BCUT2D eigenvalue weighted by atomic mass is 10.2. The molecule has 1 N–H and O–H groups in total. The minimum atomic E-state index is -0.770. The number of rotatable bonds is 6. The second kappa shape index (κ2) is 9.39. The first-order valence-electron chi connectivity index (χ1n) is 7.99. The lowest BCUT2D eigenvalue weighted by molar-refractivity contribution is -0.136. The normalized spacial score (nSPS) is 10.2. The van der Waals surface area contributed by atoms with Gasteiger partial charge in [-0.15, -0.1) is 0 Å². The van der Waals surface area contributed by atoms with Gasteiger partial charge < -0.3 is 15.0 Å². The van der Waals surface area contributed by atoms with Gasteiger partial charge in [-0.2, -0.15) is 0 Å². The van der Waals surface area contributed by atoms with Crippen LogP contribution >= 0.6 is 23.2 Å². The number of amides is 2. The lowest BCUT2D eigenvalue weighted by Gasteiger charge is -2.17. The van der Waals surface area contributed by atoms with Crippen LogP contribution in [0.4, 0.5) is 5.69 Å². The number of hydrogen-bond acceptors (Lipinski definition) is 4. The molecule has 142 valence electrons. The Hall–Kier alpha value is -2.57. The Morgan fingerprint density at radius 2 is 1.74 bits per heavy atom. The zero-order valence-electron chi connectivity index (χ0n) is 14.8.